The molecule has 2 aliphatic heterocycles. The highest BCUT2D eigenvalue weighted by atomic mass is 32.2. The van der Waals surface area contributed by atoms with Crippen LogP contribution in [-0.4, -0.2) is 32.0 Å². The molecule has 0 spiro atoms. The molecule has 1 aromatic rings. The maximum atomic E-state index is 12.1. The molecule has 5 atom stereocenters. The minimum absolute atomic E-state index is 0.0332. The highest BCUT2D eigenvalue weighted by Gasteiger charge is 2.46. The van der Waals surface area contributed by atoms with Gasteiger partial charge in [-0.05, 0) is 36.8 Å². The standard InChI is InChI=1S/C17H18O4S/c18-11-3-1-10(2-4-11)17-15-9-22(20)8-14(15)13-7-12(19)5-6-16(13)21-17/h1,3-7,10,14-15,17-19H,2,8-9H2/t10?,14-,15-,17-,22-/m0/s1. The van der Waals surface area contributed by atoms with Crippen molar-refractivity contribution in [2.24, 2.45) is 11.8 Å². The summed E-state index contributed by atoms with van der Waals surface area (Å²) < 4.78 is 18.3. The number of hydrogen-bond acceptors (Lipinski definition) is 4. The number of allylic oxidation sites excluding steroid dienone is 2. The average Bonchev–Trinajstić information content (AvgIpc) is 2.89. The zero-order valence-corrected chi connectivity index (χ0v) is 12.8. The van der Waals surface area contributed by atoms with Gasteiger partial charge >= 0.3 is 0 Å². The molecule has 0 bridgehead atoms. The number of ether oxygens (including phenoxy) is 1. The minimum Gasteiger partial charge on any atom is -0.508 e. The predicted octanol–water partition coefficient (Wildman–Crippen LogP) is 2.63. The Balaban J connectivity index is 1.71. The van der Waals surface area contributed by atoms with E-state index in [2.05, 4.69) is 0 Å². The van der Waals surface area contributed by atoms with Crippen molar-refractivity contribution < 1.29 is 19.2 Å². The largest absolute Gasteiger partial charge is 0.508 e. The van der Waals surface area contributed by atoms with Gasteiger partial charge in [0.2, 0.25) is 0 Å². The smallest absolute Gasteiger partial charge is 0.123 e. The summed E-state index contributed by atoms with van der Waals surface area (Å²) in [6.07, 6.45) is 6.21. The number of aliphatic hydroxyl groups is 1. The monoisotopic (exact) mass is 318 g/mol. The Morgan fingerprint density at radius 2 is 2.09 bits per heavy atom. The fraction of sp³-hybridized carbons (Fsp3) is 0.412. The first-order valence-corrected chi connectivity index (χ1v) is 9.02. The van der Waals surface area contributed by atoms with E-state index in [1.807, 2.05) is 6.08 Å². The van der Waals surface area contributed by atoms with Crippen molar-refractivity contribution in [3.05, 3.63) is 47.7 Å². The molecular formula is C17H18O4S. The number of aromatic hydroxyl groups is 1. The van der Waals surface area contributed by atoms with Crippen molar-refractivity contribution in [3.8, 4) is 11.5 Å². The van der Waals surface area contributed by atoms with Gasteiger partial charge < -0.3 is 14.9 Å². The number of rotatable bonds is 1. The highest BCUT2D eigenvalue weighted by molar-refractivity contribution is 7.85. The quantitative estimate of drug-likeness (QED) is 0.835. The van der Waals surface area contributed by atoms with Crippen LogP contribution < -0.4 is 4.74 Å². The molecule has 1 saturated heterocycles. The van der Waals surface area contributed by atoms with Crippen molar-refractivity contribution in [2.45, 2.75) is 18.4 Å². The molecule has 1 unspecified atom stereocenters. The van der Waals surface area contributed by atoms with Crippen molar-refractivity contribution in [2.75, 3.05) is 11.5 Å². The molecule has 116 valence electrons. The van der Waals surface area contributed by atoms with Crippen LogP contribution in [0, 0.1) is 11.8 Å². The summed E-state index contributed by atoms with van der Waals surface area (Å²) in [6, 6.07) is 5.17. The van der Waals surface area contributed by atoms with Crippen LogP contribution in [0.5, 0.6) is 11.5 Å². The third-order valence-corrected chi connectivity index (χ3v) is 6.36. The highest BCUT2D eigenvalue weighted by Crippen LogP contribution is 2.48. The van der Waals surface area contributed by atoms with E-state index in [4.69, 9.17) is 4.74 Å². The molecule has 5 heteroatoms. The van der Waals surface area contributed by atoms with Gasteiger partial charge in [0.25, 0.3) is 0 Å². The Morgan fingerprint density at radius 3 is 2.86 bits per heavy atom. The first kappa shape index (κ1) is 13.9. The van der Waals surface area contributed by atoms with E-state index in [0.717, 1.165) is 17.7 Å². The molecule has 0 radical (unpaired) electrons. The first-order chi connectivity index (χ1) is 10.6. The Kier molecular flexibility index (Phi) is 3.26. The number of phenols is 1. The molecule has 22 heavy (non-hydrogen) atoms. The molecule has 3 aliphatic rings. The molecule has 1 aliphatic carbocycles. The zero-order chi connectivity index (χ0) is 15.3. The molecule has 4 rings (SSSR count). The molecular weight excluding hydrogens is 300 g/mol. The van der Waals surface area contributed by atoms with E-state index in [1.165, 1.54) is 0 Å². The van der Waals surface area contributed by atoms with Gasteiger partial charge in [0.1, 0.15) is 23.4 Å². The van der Waals surface area contributed by atoms with Gasteiger partial charge in [-0.15, -0.1) is 0 Å². The summed E-state index contributed by atoms with van der Waals surface area (Å²) >= 11 is 0. The van der Waals surface area contributed by atoms with Crippen LogP contribution in [0.15, 0.2) is 42.2 Å². The molecule has 0 saturated carbocycles. The Morgan fingerprint density at radius 1 is 1.23 bits per heavy atom. The van der Waals surface area contributed by atoms with Gasteiger partial charge in [-0.1, -0.05) is 6.08 Å². The number of benzene rings is 1. The van der Waals surface area contributed by atoms with Crippen molar-refractivity contribution >= 4 is 10.8 Å². The third-order valence-electron chi connectivity index (χ3n) is 4.87. The molecule has 0 aromatic heterocycles. The number of hydrogen-bond donors (Lipinski definition) is 2. The molecule has 4 nitrogen and oxygen atoms in total. The topological polar surface area (TPSA) is 66.8 Å². The lowest BCUT2D eigenvalue weighted by Crippen LogP contribution is -2.40. The number of phenolic OH excluding ortho intramolecular Hbond substituents is 1. The molecule has 2 N–H and O–H groups in total. The second-order valence-electron chi connectivity index (χ2n) is 6.24. The van der Waals surface area contributed by atoms with Gasteiger partial charge in [0.15, 0.2) is 0 Å². The summed E-state index contributed by atoms with van der Waals surface area (Å²) in [5.41, 5.74) is 0.977. The van der Waals surface area contributed by atoms with E-state index >= 15 is 0 Å². The van der Waals surface area contributed by atoms with Gasteiger partial charge in [-0.3, -0.25) is 4.21 Å². The lowest BCUT2D eigenvalue weighted by molar-refractivity contribution is 0.0760. The zero-order valence-electron chi connectivity index (χ0n) is 12.0. The number of fused-ring (bicyclic) bond motifs is 3. The Labute approximate surface area is 131 Å². The lowest BCUT2D eigenvalue weighted by atomic mass is 9.76. The molecule has 1 aromatic carbocycles. The van der Waals surface area contributed by atoms with E-state index in [-0.39, 0.29) is 29.6 Å². The number of aliphatic hydroxyl groups excluding tert-OH is 1. The van der Waals surface area contributed by atoms with Crippen molar-refractivity contribution in [3.63, 3.8) is 0 Å². The van der Waals surface area contributed by atoms with Crippen LogP contribution >= 0.6 is 0 Å². The van der Waals surface area contributed by atoms with E-state index in [1.54, 1.807) is 30.4 Å². The normalized spacial score (nSPS) is 36.2. The third kappa shape index (κ3) is 2.24. The summed E-state index contributed by atoms with van der Waals surface area (Å²) in [5.74, 6) is 3.14. The summed E-state index contributed by atoms with van der Waals surface area (Å²) in [5, 5.41) is 19.2. The van der Waals surface area contributed by atoms with E-state index in [9.17, 15) is 14.4 Å². The maximum absolute atomic E-state index is 12.1. The SMILES string of the molecule is O=[S@@]1C[C@H]2[C@@H](C1)c1cc(O)ccc1O[C@H]2C1C=CC(O)=CC1. The first-order valence-electron chi connectivity index (χ1n) is 7.53. The average molecular weight is 318 g/mol. The summed E-state index contributed by atoms with van der Waals surface area (Å²) in [6.45, 7) is 0. The van der Waals surface area contributed by atoms with Crippen LogP contribution in [-0.2, 0) is 10.8 Å². The Bertz CT molecular complexity index is 694. The van der Waals surface area contributed by atoms with Crippen molar-refractivity contribution in [1.82, 2.24) is 0 Å². The second kappa shape index (κ2) is 5.16. The lowest BCUT2D eigenvalue weighted by Gasteiger charge is -2.39. The van der Waals surface area contributed by atoms with Gasteiger partial charge in [-0.2, -0.15) is 0 Å². The predicted molar refractivity (Wildman–Crippen MR) is 84.6 cm³/mol. The molecule has 1 fully saturated rings. The van der Waals surface area contributed by atoms with Crippen LogP contribution in [0.4, 0.5) is 0 Å². The van der Waals surface area contributed by atoms with Crippen LogP contribution in [0.3, 0.4) is 0 Å². The van der Waals surface area contributed by atoms with Crippen molar-refractivity contribution in [1.29, 1.82) is 0 Å². The Hall–Kier alpha value is -1.75. The van der Waals surface area contributed by atoms with E-state index < -0.39 is 10.8 Å². The van der Waals surface area contributed by atoms with Gasteiger partial charge in [0.05, 0.1) is 0 Å². The van der Waals surface area contributed by atoms with Crippen LogP contribution in [0.25, 0.3) is 0 Å². The minimum atomic E-state index is -0.839. The van der Waals surface area contributed by atoms with Crippen LogP contribution in [0.1, 0.15) is 17.9 Å². The summed E-state index contributed by atoms with van der Waals surface area (Å²) in [4.78, 5) is 0. The summed E-state index contributed by atoms with van der Waals surface area (Å²) in [7, 11) is -0.839. The van der Waals surface area contributed by atoms with Gasteiger partial charge in [-0.25, -0.2) is 0 Å². The second-order valence-corrected chi connectivity index (χ2v) is 7.78. The van der Waals surface area contributed by atoms with Gasteiger partial charge in [0, 0.05) is 45.6 Å². The fourth-order valence-electron chi connectivity index (χ4n) is 3.81. The maximum Gasteiger partial charge on any atom is 0.123 e. The molecule has 0 amide bonds. The molecule has 2 heterocycles. The fourth-order valence-corrected chi connectivity index (χ4v) is 5.62. The van der Waals surface area contributed by atoms with Crippen LogP contribution in [0.2, 0.25) is 0 Å². The van der Waals surface area contributed by atoms with E-state index in [0.29, 0.717) is 17.3 Å².